The topological polar surface area (TPSA) is 97.3 Å². The van der Waals surface area contributed by atoms with Crippen molar-refractivity contribution in [1.82, 2.24) is 4.57 Å². The molecule has 2 aromatic heterocycles. The Bertz CT molecular complexity index is 1900. The number of hydrogen-bond donors (Lipinski definition) is 1. The Morgan fingerprint density at radius 3 is 2.49 bits per heavy atom. The van der Waals surface area contributed by atoms with Crippen molar-refractivity contribution in [2.45, 2.75) is 0 Å². The van der Waals surface area contributed by atoms with E-state index < -0.39 is 11.5 Å². The van der Waals surface area contributed by atoms with Crippen LogP contribution in [0.3, 0.4) is 0 Å². The summed E-state index contributed by atoms with van der Waals surface area (Å²) >= 11 is 7.33. The van der Waals surface area contributed by atoms with E-state index in [2.05, 4.69) is 5.32 Å². The minimum atomic E-state index is -0.668. The van der Waals surface area contributed by atoms with Crippen LogP contribution >= 0.6 is 22.9 Å². The quantitative estimate of drug-likeness (QED) is 0.320. The van der Waals surface area contributed by atoms with Gasteiger partial charge in [-0.15, -0.1) is 11.3 Å². The SMILES string of the molecule is COc1ccccc1NC(=O)C(C#N)=c1sc(=Cc2ccc(-c3ccccc3Cl)o2)c(=O)n1-c1ccccc1. The van der Waals surface area contributed by atoms with E-state index in [9.17, 15) is 14.9 Å². The lowest BCUT2D eigenvalue weighted by Gasteiger charge is -2.09. The van der Waals surface area contributed by atoms with E-state index in [1.807, 2.05) is 30.3 Å². The molecule has 0 aliphatic heterocycles. The molecule has 9 heteroatoms. The first kappa shape index (κ1) is 25.8. The average molecular weight is 554 g/mol. The average Bonchev–Trinajstić information content (AvgIpc) is 3.54. The van der Waals surface area contributed by atoms with Gasteiger partial charge in [-0.1, -0.05) is 54.1 Å². The van der Waals surface area contributed by atoms with Crippen molar-refractivity contribution < 1.29 is 13.9 Å². The van der Waals surface area contributed by atoms with Crippen molar-refractivity contribution in [3.63, 3.8) is 0 Å². The number of nitriles is 1. The molecule has 39 heavy (non-hydrogen) atoms. The fourth-order valence-corrected chi connectivity index (χ4v) is 5.27. The second kappa shape index (κ2) is 11.3. The van der Waals surface area contributed by atoms with Gasteiger partial charge in [0.1, 0.15) is 28.0 Å². The number of hydrogen-bond acceptors (Lipinski definition) is 6. The second-order valence-electron chi connectivity index (χ2n) is 8.21. The lowest BCUT2D eigenvalue weighted by atomic mass is 10.2. The van der Waals surface area contributed by atoms with Crippen molar-refractivity contribution in [2.24, 2.45) is 0 Å². The standard InChI is InChI=1S/C30H20ClN3O4S/c1-37-26-14-8-7-13-24(26)33-28(35)22(18-32)30-34(19-9-3-2-4-10-19)29(36)27(39-30)17-20-15-16-25(38-20)21-11-5-6-12-23(21)31/h2-17H,1H3,(H,33,35). The molecule has 0 bridgehead atoms. The van der Waals surface area contributed by atoms with Crippen molar-refractivity contribution in [3.05, 3.63) is 121 Å². The third-order valence-electron chi connectivity index (χ3n) is 5.79. The summed E-state index contributed by atoms with van der Waals surface area (Å²) in [4.78, 5) is 26.9. The molecule has 2 heterocycles. The number of aromatic nitrogens is 1. The number of furan rings is 1. The zero-order valence-electron chi connectivity index (χ0n) is 20.6. The number of nitrogens with one attached hydrogen (secondary N) is 1. The van der Waals surface area contributed by atoms with E-state index in [1.165, 1.54) is 11.7 Å². The van der Waals surface area contributed by atoms with Crippen LogP contribution in [0, 0.1) is 11.3 Å². The van der Waals surface area contributed by atoms with Crippen LogP contribution in [0.5, 0.6) is 5.75 Å². The summed E-state index contributed by atoms with van der Waals surface area (Å²) in [6.45, 7) is 0. The Morgan fingerprint density at radius 1 is 1.03 bits per heavy atom. The number of carbonyl (C=O) groups is 1. The Labute approximate surface area is 232 Å². The molecule has 0 aliphatic rings. The number of ether oxygens (including phenoxy) is 1. The lowest BCUT2D eigenvalue weighted by Crippen LogP contribution is -2.32. The summed E-state index contributed by atoms with van der Waals surface area (Å²) in [6.07, 6.45) is 1.59. The van der Waals surface area contributed by atoms with E-state index in [-0.39, 0.29) is 14.8 Å². The van der Waals surface area contributed by atoms with Crippen LogP contribution in [-0.2, 0) is 4.79 Å². The van der Waals surface area contributed by atoms with Gasteiger partial charge in [0.05, 0.1) is 28.0 Å². The molecule has 7 nitrogen and oxygen atoms in total. The lowest BCUT2D eigenvalue weighted by molar-refractivity contribution is -0.111. The van der Waals surface area contributed by atoms with Gasteiger partial charge in [0.2, 0.25) is 0 Å². The number of para-hydroxylation sites is 3. The number of anilines is 1. The highest BCUT2D eigenvalue weighted by Gasteiger charge is 2.18. The molecule has 0 saturated heterocycles. The first-order valence-electron chi connectivity index (χ1n) is 11.7. The van der Waals surface area contributed by atoms with E-state index in [4.69, 9.17) is 20.8 Å². The number of halogens is 1. The van der Waals surface area contributed by atoms with Crippen molar-refractivity contribution in [2.75, 3.05) is 12.4 Å². The van der Waals surface area contributed by atoms with E-state index in [0.29, 0.717) is 33.7 Å². The van der Waals surface area contributed by atoms with Gasteiger partial charge in [0.25, 0.3) is 11.5 Å². The fraction of sp³-hybridized carbons (Fsp3) is 0.0333. The van der Waals surface area contributed by atoms with Gasteiger partial charge in [-0.25, -0.2) is 0 Å². The largest absolute Gasteiger partial charge is 0.495 e. The molecule has 0 aliphatic carbocycles. The third-order valence-corrected chi connectivity index (χ3v) is 7.21. The van der Waals surface area contributed by atoms with Gasteiger partial charge in [-0.2, -0.15) is 5.26 Å². The van der Waals surface area contributed by atoms with Crippen LogP contribution in [0.2, 0.25) is 5.02 Å². The first-order chi connectivity index (χ1) is 19.0. The van der Waals surface area contributed by atoms with E-state index >= 15 is 0 Å². The number of carbonyl (C=O) groups excluding carboxylic acids is 1. The summed E-state index contributed by atoms with van der Waals surface area (Å²) in [5.41, 5.74) is 1.03. The molecule has 0 saturated carbocycles. The molecule has 1 N–H and O–H groups in total. The zero-order valence-corrected chi connectivity index (χ0v) is 22.1. The summed E-state index contributed by atoms with van der Waals surface area (Å²) in [6, 6.07) is 28.5. The highest BCUT2D eigenvalue weighted by Crippen LogP contribution is 2.29. The van der Waals surface area contributed by atoms with Gasteiger partial charge in [0.15, 0.2) is 5.57 Å². The normalized spacial score (nSPS) is 12.1. The van der Waals surface area contributed by atoms with Crippen LogP contribution in [0.1, 0.15) is 5.76 Å². The molecule has 192 valence electrons. The number of amides is 1. The molecule has 1 amide bonds. The molecule has 0 spiro atoms. The minimum Gasteiger partial charge on any atom is -0.495 e. The van der Waals surface area contributed by atoms with Crippen LogP contribution in [-0.4, -0.2) is 17.6 Å². The van der Waals surface area contributed by atoms with Crippen LogP contribution in [0.4, 0.5) is 5.69 Å². The number of methoxy groups -OCH3 is 1. The van der Waals surface area contributed by atoms with Crippen molar-refractivity contribution >= 4 is 46.2 Å². The molecule has 0 unspecified atom stereocenters. The monoisotopic (exact) mass is 553 g/mol. The van der Waals surface area contributed by atoms with Gasteiger partial charge < -0.3 is 14.5 Å². The predicted octanol–water partition coefficient (Wildman–Crippen LogP) is 4.96. The summed E-state index contributed by atoms with van der Waals surface area (Å²) in [5, 5.41) is 13.3. The summed E-state index contributed by atoms with van der Waals surface area (Å²) in [7, 11) is 1.49. The second-order valence-corrected chi connectivity index (χ2v) is 9.65. The summed E-state index contributed by atoms with van der Waals surface area (Å²) in [5.74, 6) is 0.744. The first-order valence-corrected chi connectivity index (χ1v) is 12.9. The maximum atomic E-state index is 13.6. The van der Waals surface area contributed by atoms with Crippen molar-refractivity contribution in [3.8, 4) is 28.8 Å². The molecular formula is C30H20ClN3O4S. The van der Waals surface area contributed by atoms with Crippen LogP contribution in [0.25, 0.3) is 28.7 Å². The van der Waals surface area contributed by atoms with Crippen LogP contribution in [0.15, 0.2) is 100 Å². The van der Waals surface area contributed by atoms with Gasteiger partial charge in [-0.05, 0) is 48.5 Å². The molecule has 5 rings (SSSR count). The maximum absolute atomic E-state index is 13.6. The zero-order chi connectivity index (χ0) is 27.4. The Morgan fingerprint density at radius 2 is 1.74 bits per heavy atom. The third kappa shape index (κ3) is 5.27. The molecule has 0 atom stereocenters. The summed E-state index contributed by atoms with van der Waals surface area (Å²) < 4.78 is 13.1. The molecule has 0 fully saturated rings. The number of rotatable bonds is 6. The fourth-order valence-electron chi connectivity index (χ4n) is 3.96. The highest BCUT2D eigenvalue weighted by atomic mass is 35.5. The number of nitrogens with zero attached hydrogens (tertiary/aromatic N) is 2. The Kier molecular flexibility index (Phi) is 7.46. The smallest absolute Gasteiger partial charge is 0.273 e. The number of benzene rings is 3. The van der Waals surface area contributed by atoms with Gasteiger partial charge in [0, 0.05) is 11.6 Å². The van der Waals surface area contributed by atoms with Crippen molar-refractivity contribution in [1.29, 1.82) is 5.26 Å². The Hall–Kier alpha value is -4.84. The van der Waals surface area contributed by atoms with Gasteiger partial charge >= 0.3 is 0 Å². The maximum Gasteiger partial charge on any atom is 0.273 e. The highest BCUT2D eigenvalue weighted by molar-refractivity contribution is 7.07. The van der Waals surface area contributed by atoms with Crippen LogP contribution < -0.4 is 24.8 Å². The van der Waals surface area contributed by atoms with Gasteiger partial charge in [-0.3, -0.25) is 14.2 Å². The number of thiazole rings is 1. The minimum absolute atomic E-state index is 0.185. The van der Waals surface area contributed by atoms with E-state index in [1.54, 1.807) is 72.8 Å². The Balaban J connectivity index is 1.67. The molecule has 3 aromatic carbocycles. The predicted molar refractivity (Wildman–Crippen MR) is 153 cm³/mol. The molecule has 0 radical (unpaired) electrons. The van der Waals surface area contributed by atoms with E-state index in [0.717, 1.165) is 16.9 Å². The molecular weight excluding hydrogens is 534 g/mol. The molecule has 5 aromatic rings.